The summed E-state index contributed by atoms with van der Waals surface area (Å²) in [7, 11) is 0. The smallest absolute Gasteiger partial charge is 0.237 e. The Morgan fingerprint density at radius 3 is 3.00 bits per heavy atom. The van der Waals surface area contributed by atoms with E-state index in [0.29, 0.717) is 6.54 Å². The molecule has 78 valence electrons. The first-order valence-electron chi connectivity index (χ1n) is 5.10. The van der Waals surface area contributed by atoms with Crippen LogP contribution in [-0.4, -0.2) is 36.5 Å². The standard InChI is InChI=1S/C10H17N3O/c1-3-12-10(14)8(2)13-5-4-9(6-11)7-13/h8-9H,3-5,7H2,1-2H3,(H,12,14). The molecule has 0 radical (unpaired) electrons. The van der Waals surface area contributed by atoms with Crippen LogP contribution in [0.15, 0.2) is 0 Å². The summed E-state index contributed by atoms with van der Waals surface area (Å²) < 4.78 is 0. The molecule has 0 saturated carbocycles. The third-order valence-electron chi connectivity index (χ3n) is 2.68. The van der Waals surface area contributed by atoms with E-state index in [1.54, 1.807) is 0 Å². The molecule has 1 saturated heterocycles. The van der Waals surface area contributed by atoms with Crippen LogP contribution in [0.1, 0.15) is 20.3 Å². The molecule has 0 spiro atoms. The Morgan fingerprint density at radius 2 is 2.50 bits per heavy atom. The lowest BCUT2D eigenvalue weighted by molar-refractivity contribution is -0.125. The molecule has 0 aromatic rings. The van der Waals surface area contributed by atoms with Crippen LogP contribution in [0, 0.1) is 17.2 Å². The van der Waals surface area contributed by atoms with Gasteiger partial charge in [-0.15, -0.1) is 0 Å². The van der Waals surface area contributed by atoms with E-state index in [9.17, 15) is 4.79 Å². The number of likely N-dealkylation sites (N-methyl/N-ethyl adjacent to an activating group) is 1. The van der Waals surface area contributed by atoms with Crippen molar-refractivity contribution in [1.82, 2.24) is 10.2 Å². The highest BCUT2D eigenvalue weighted by Crippen LogP contribution is 2.17. The molecule has 4 nitrogen and oxygen atoms in total. The zero-order valence-corrected chi connectivity index (χ0v) is 8.79. The fourth-order valence-corrected chi connectivity index (χ4v) is 1.73. The first-order valence-corrected chi connectivity index (χ1v) is 5.10. The van der Waals surface area contributed by atoms with E-state index in [4.69, 9.17) is 5.26 Å². The fourth-order valence-electron chi connectivity index (χ4n) is 1.73. The summed E-state index contributed by atoms with van der Waals surface area (Å²) in [5.74, 6) is 0.165. The number of hydrogen-bond acceptors (Lipinski definition) is 3. The summed E-state index contributed by atoms with van der Waals surface area (Å²) in [6, 6.07) is 2.14. The van der Waals surface area contributed by atoms with Crippen LogP contribution in [0.25, 0.3) is 0 Å². The lowest BCUT2D eigenvalue weighted by Gasteiger charge is -2.22. The molecule has 14 heavy (non-hydrogen) atoms. The van der Waals surface area contributed by atoms with Crippen LogP contribution in [0.3, 0.4) is 0 Å². The van der Waals surface area contributed by atoms with Gasteiger partial charge in [0.25, 0.3) is 0 Å². The van der Waals surface area contributed by atoms with Gasteiger partial charge >= 0.3 is 0 Å². The monoisotopic (exact) mass is 195 g/mol. The minimum Gasteiger partial charge on any atom is -0.355 e. The van der Waals surface area contributed by atoms with E-state index < -0.39 is 0 Å². The average Bonchev–Trinajstić information content (AvgIpc) is 2.65. The first-order chi connectivity index (χ1) is 6.69. The number of likely N-dealkylation sites (tertiary alicyclic amines) is 1. The summed E-state index contributed by atoms with van der Waals surface area (Å²) in [5.41, 5.74) is 0. The number of rotatable bonds is 3. The van der Waals surface area contributed by atoms with Crippen LogP contribution in [0.4, 0.5) is 0 Å². The number of nitrogens with one attached hydrogen (secondary N) is 1. The van der Waals surface area contributed by atoms with Gasteiger partial charge in [0.1, 0.15) is 0 Å². The van der Waals surface area contributed by atoms with Crippen molar-refractivity contribution in [3.8, 4) is 6.07 Å². The van der Waals surface area contributed by atoms with E-state index in [1.165, 1.54) is 0 Å². The van der Waals surface area contributed by atoms with Crippen molar-refractivity contribution in [3.05, 3.63) is 0 Å². The molecule has 1 aliphatic rings. The van der Waals surface area contributed by atoms with Gasteiger partial charge in [0.15, 0.2) is 0 Å². The van der Waals surface area contributed by atoms with Crippen LogP contribution < -0.4 is 5.32 Å². The summed E-state index contributed by atoms with van der Waals surface area (Å²) in [4.78, 5) is 13.6. The Bertz CT molecular complexity index is 246. The Labute approximate surface area is 84.9 Å². The molecule has 1 rings (SSSR count). The van der Waals surface area contributed by atoms with E-state index in [0.717, 1.165) is 19.5 Å². The average molecular weight is 195 g/mol. The van der Waals surface area contributed by atoms with Gasteiger partial charge in [0.2, 0.25) is 5.91 Å². The van der Waals surface area contributed by atoms with E-state index in [1.807, 2.05) is 13.8 Å². The highest BCUT2D eigenvalue weighted by atomic mass is 16.2. The largest absolute Gasteiger partial charge is 0.355 e. The Kier molecular flexibility index (Phi) is 3.90. The molecule has 2 atom stereocenters. The second kappa shape index (κ2) is 4.97. The number of amides is 1. The molecule has 0 aliphatic carbocycles. The van der Waals surface area contributed by atoms with Crippen LogP contribution in [0.2, 0.25) is 0 Å². The number of carbonyl (C=O) groups excluding carboxylic acids is 1. The zero-order chi connectivity index (χ0) is 10.6. The van der Waals surface area contributed by atoms with Gasteiger partial charge in [-0.05, 0) is 20.3 Å². The molecule has 4 heteroatoms. The fraction of sp³-hybridized carbons (Fsp3) is 0.800. The van der Waals surface area contributed by atoms with E-state index in [2.05, 4.69) is 16.3 Å². The maximum absolute atomic E-state index is 11.5. The summed E-state index contributed by atoms with van der Waals surface area (Å²) >= 11 is 0. The van der Waals surface area contributed by atoms with Gasteiger partial charge < -0.3 is 5.32 Å². The normalized spacial score (nSPS) is 24.2. The molecular weight excluding hydrogens is 178 g/mol. The lowest BCUT2D eigenvalue weighted by Crippen LogP contribution is -2.43. The molecule has 0 aromatic heterocycles. The zero-order valence-electron chi connectivity index (χ0n) is 8.79. The van der Waals surface area contributed by atoms with Crippen molar-refractivity contribution in [2.45, 2.75) is 26.3 Å². The second-order valence-corrected chi connectivity index (χ2v) is 3.68. The summed E-state index contributed by atoms with van der Waals surface area (Å²) in [6.07, 6.45) is 0.889. The number of hydrogen-bond donors (Lipinski definition) is 1. The van der Waals surface area contributed by atoms with Gasteiger partial charge in [-0.1, -0.05) is 0 Å². The lowest BCUT2D eigenvalue weighted by atomic mass is 10.1. The summed E-state index contributed by atoms with van der Waals surface area (Å²) in [6.45, 7) is 6.06. The minimum absolute atomic E-state index is 0.0612. The summed E-state index contributed by atoms with van der Waals surface area (Å²) in [5, 5.41) is 11.5. The van der Waals surface area contributed by atoms with Crippen LogP contribution in [0.5, 0.6) is 0 Å². The molecule has 0 aromatic carbocycles. The Hall–Kier alpha value is -1.08. The third kappa shape index (κ3) is 2.46. The van der Waals surface area contributed by atoms with E-state index >= 15 is 0 Å². The second-order valence-electron chi connectivity index (χ2n) is 3.68. The first kappa shape index (κ1) is 11.0. The maximum Gasteiger partial charge on any atom is 0.237 e. The highest BCUT2D eigenvalue weighted by molar-refractivity contribution is 5.81. The van der Waals surface area contributed by atoms with Crippen molar-refractivity contribution in [2.24, 2.45) is 5.92 Å². The van der Waals surface area contributed by atoms with Crippen molar-refractivity contribution in [2.75, 3.05) is 19.6 Å². The molecule has 1 amide bonds. The van der Waals surface area contributed by atoms with Crippen molar-refractivity contribution in [1.29, 1.82) is 5.26 Å². The van der Waals surface area contributed by atoms with Crippen molar-refractivity contribution >= 4 is 5.91 Å². The number of nitriles is 1. The molecule has 0 bridgehead atoms. The Balaban J connectivity index is 2.43. The molecular formula is C10H17N3O. The molecule has 1 N–H and O–H groups in total. The van der Waals surface area contributed by atoms with Gasteiger partial charge in [0.05, 0.1) is 18.0 Å². The third-order valence-corrected chi connectivity index (χ3v) is 2.68. The quantitative estimate of drug-likeness (QED) is 0.707. The van der Waals surface area contributed by atoms with Gasteiger partial charge in [0, 0.05) is 19.6 Å². The predicted octanol–water partition coefficient (Wildman–Crippen LogP) is 0.356. The van der Waals surface area contributed by atoms with Crippen molar-refractivity contribution in [3.63, 3.8) is 0 Å². The predicted molar refractivity (Wildman–Crippen MR) is 53.4 cm³/mol. The number of carbonyl (C=O) groups is 1. The highest BCUT2D eigenvalue weighted by Gasteiger charge is 2.28. The molecule has 1 fully saturated rings. The Morgan fingerprint density at radius 1 is 1.79 bits per heavy atom. The minimum atomic E-state index is -0.103. The van der Waals surface area contributed by atoms with Crippen LogP contribution in [-0.2, 0) is 4.79 Å². The molecule has 1 aliphatic heterocycles. The van der Waals surface area contributed by atoms with E-state index in [-0.39, 0.29) is 17.9 Å². The van der Waals surface area contributed by atoms with Gasteiger partial charge in [-0.25, -0.2) is 0 Å². The van der Waals surface area contributed by atoms with Crippen LogP contribution >= 0.6 is 0 Å². The maximum atomic E-state index is 11.5. The van der Waals surface area contributed by atoms with Crippen molar-refractivity contribution < 1.29 is 4.79 Å². The number of nitrogens with zero attached hydrogens (tertiary/aromatic N) is 2. The topological polar surface area (TPSA) is 56.1 Å². The molecule has 1 heterocycles. The van der Waals surface area contributed by atoms with Gasteiger partial charge in [-0.2, -0.15) is 5.26 Å². The molecule has 2 unspecified atom stereocenters. The van der Waals surface area contributed by atoms with Gasteiger partial charge in [-0.3, -0.25) is 9.69 Å². The SMILES string of the molecule is CCNC(=O)C(C)N1CCC(C#N)C1.